The summed E-state index contributed by atoms with van der Waals surface area (Å²) in [4.78, 5) is 47.8. The first-order chi connectivity index (χ1) is 10.9. The molecule has 1 unspecified atom stereocenters. The van der Waals surface area contributed by atoms with E-state index in [1.165, 1.54) is 23.6 Å². The van der Waals surface area contributed by atoms with Crippen LogP contribution in [0.4, 0.5) is 0 Å². The van der Waals surface area contributed by atoms with Crippen molar-refractivity contribution >= 4 is 35.4 Å². The first-order valence-corrected chi connectivity index (χ1v) is 8.16. The van der Waals surface area contributed by atoms with Crippen molar-refractivity contribution in [1.29, 1.82) is 0 Å². The van der Waals surface area contributed by atoms with E-state index in [-0.39, 0.29) is 42.4 Å². The summed E-state index contributed by atoms with van der Waals surface area (Å²) in [5.74, 6) is -1.60. The van der Waals surface area contributed by atoms with E-state index in [2.05, 4.69) is 0 Å². The second kappa shape index (κ2) is 7.14. The van der Waals surface area contributed by atoms with Gasteiger partial charge in [0.25, 0.3) is 0 Å². The van der Waals surface area contributed by atoms with Crippen molar-refractivity contribution in [3.05, 3.63) is 11.3 Å². The number of thioether (sulfide) groups is 1. The molecule has 126 valence electrons. The number of hydrogen-bond acceptors (Lipinski definition) is 8. The Morgan fingerprint density at radius 1 is 1.35 bits per heavy atom. The molecule has 2 rings (SSSR count). The van der Waals surface area contributed by atoms with Gasteiger partial charge in [0, 0.05) is 11.3 Å². The number of fused-ring (bicyclic) bond motifs is 1. The summed E-state index contributed by atoms with van der Waals surface area (Å²) in [6.07, 6.45) is -0.328. The molecule has 9 heteroatoms. The molecule has 1 amide bonds. The molecular weight excluding hydrogens is 324 g/mol. The monoisotopic (exact) mass is 342 g/mol. The van der Waals surface area contributed by atoms with Crippen LogP contribution in [0.2, 0.25) is 0 Å². The summed E-state index contributed by atoms with van der Waals surface area (Å²) in [6, 6.07) is -0.647. The molecule has 2 aliphatic rings. The number of rotatable bonds is 6. The van der Waals surface area contributed by atoms with Crippen molar-refractivity contribution in [3.63, 3.8) is 0 Å². The van der Waals surface area contributed by atoms with Gasteiger partial charge in [0.2, 0.25) is 5.91 Å². The third-order valence-corrected chi connectivity index (χ3v) is 4.72. The predicted octanol–water partition coefficient (Wildman–Crippen LogP) is -0.432. The molecule has 1 fully saturated rings. The highest BCUT2D eigenvalue weighted by atomic mass is 32.2. The summed E-state index contributed by atoms with van der Waals surface area (Å²) in [5.41, 5.74) is 6.30. The summed E-state index contributed by atoms with van der Waals surface area (Å²) < 4.78 is 10.00. The second-order valence-electron chi connectivity index (χ2n) is 5.15. The largest absolute Gasteiger partial charge is 0.461 e. The summed E-state index contributed by atoms with van der Waals surface area (Å²) in [6.45, 7) is 2.93. The van der Waals surface area contributed by atoms with Crippen LogP contribution < -0.4 is 5.73 Å². The molecule has 2 aliphatic heterocycles. The Labute approximate surface area is 137 Å². The molecule has 0 aromatic heterocycles. The molecule has 0 aromatic rings. The van der Waals surface area contributed by atoms with E-state index in [1.54, 1.807) is 6.92 Å². The molecule has 0 radical (unpaired) electrons. The van der Waals surface area contributed by atoms with Gasteiger partial charge in [-0.15, -0.1) is 11.8 Å². The number of ketones is 1. The highest BCUT2D eigenvalue weighted by Gasteiger charge is 2.52. The molecule has 2 N–H and O–H groups in total. The van der Waals surface area contributed by atoms with Gasteiger partial charge in [0.1, 0.15) is 35.9 Å². The number of carbonyl (C=O) groups is 4. The van der Waals surface area contributed by atoms with E-state index in [9.17, 15) is 19.2 Å². The number of ether oxygens (including phenoxy) is 2. The first-order valence-electron chi connectivity index (χ1n) is 7.11. The van der Waals surface area contributed by atoms with Crippen LogP contribution in [-0.4, -0.2) is 58.9 Å². The van der Waals surface area contributed by atoms with E-state index in [0.717, 1.165) is 0 Å². The van der Waals surface area contributed by atoms with Gasteiger partial charge in [-0.3, -0.25) is 19.3 Å². The summed E-state index contributed by atoms with van der Waals surface area (Å²) in [5, 5.41) is -0.307. The van der Waals surface area contributed by atoms with Gasteiger partial charge in [-0.1, -0.05) is 0 Å². The lowest BCUT2D eigenvalue weighted by Crippen LogP contribution is -2.68. The number of nitrogens with zero attached hydrogens (tertiary/aromatic N) is 1. The van der Waals surface area contributed by atoms with Crippen LogP contribution in [0.3, 0.4) is 0 Å². The van der Waals surface area contributed by atoms with Crippen LogP contribution >= 0.6 is 11.8 Å². The molecule has 2 atom stereocenters. The van der Waals surface area contributed by atoms with Crippen molar-refractivity contribution in [2.45, 2.75) is 31.7 Å². The predicted molar refractivity (Wildman–Crippen MR) is 81.0 cm³/mol. The maximum absolute atomic E-state index is 12.2. The number of carbonyl (C=O) groups excluding carboxylic acids is 4. The van der Waals surface area contributed by atoms with Gasteiger partial charge in [-0.05, 0) is 13.8 Å². The number of amides is 1. The molecule has 0 aromatic carbocycles. The van der Waals surface area contributed by atoms with Gasteiger partial charge in [0.15, 0.2) is 0 Å². The van der Waals surface area contributed by atoms with E-state index in [4.69, 9.17) is 15.2 Å². The Balaban J connectivity index is 2.17. The van der Waals surface area contributed by atoms with E-state index in [0.29, 0.717) is 11.3 Å². The number of β-lactam (4-membered cyclic amide) rings is 1. The SMILES string of the molecule is CCOC(=O)C1=C(COC(=O)CC(C)=O)CS[C@@H]2C(N)C(=O)N12. The minimum Gasteiger partial charge on any atom is -0.461 e. The smallest absolute Gasteiger partial charge is 0.355 e. The Morgan fingerprint density at radius 3 is 2.65 bits per heavy atom. The quantitative estimate of drug-likeness (QED) is 0.393. The van der Waals surface area contributed by atoms with E-state index >= 15 is 0 Å². The van der Waals surface area contributed by atoms with Gasteiger partial charge in [0.05, 0.1) is 6.61 Å². The molecule has 0 aliphatic carbocycles. The topological polar surface area (TPSA) is 116 Å². The van der Waals surface area contributed by atoms with Crippen molar-refractivity contribution in [2.24, 2.45) is 5.73 Å². The Bertz CT molecular complexity index is 588. The lowest BCUT2D eigenvalue weighted by Gasteiger charge is -2.48. The van der Waals surface area contributed by atoms with Crippen LogP contribution in [0.15, 0.2) is 11.3 Å². The fourth-order valence-electron chi connectivity index (χ4n) is 2.30. The van der Waals surface area contributed by atoms with Crippen LogP contribution in [0.5, 0.6) is 0 Å². The van der Waals surface area contributed by atoms with E-state index < -0.39 is 18.0 Å². The highest BCUT2D eigenvalue weighted by molar-refractivity contribution is 8.00. The third kappa shape index (κ3) is 3.56. The maximum Gasteiger partial charge on any atom is 0.355 e. The zero-order valence-electron chi connectivity index (χ0n) is 12.9. The normalized spacial score (nSPS) is 23.1. The lowest BCUT2D eigenvalue weighted by molar-refractivity contribution is -0.151. The average Bonchev–Trinajstić information content (AvgIpc) is 2.50. The summed E-state index contributed by atoms with van der Waals surface area (Å²) >= 11 is 1.39. The number of Topliss-reactive ketones (excluding diaryl/α,β-unsaturated/α-hetero) is 1. The molecule has 0 saturated carbocycles. The van der Waals surface area contributed by atoms with Gasteiger partial charge in [-0.2, -0.15) is 0 Å². The molecule has 0 bridgehead atoms. The highest BCUT2D eigenvalue weighted by Crippen LogP contribution is 2.39. The Morgan fingerprint density at radius 2 is 2.04 bits per heavy atom. The maximum atomic E-state index is 12.2. The minimum atomic E-state index is -0.674. The van der Waals surface area contributed by atoms with E-state index in [1.807, 2.05) is 0 Å². The van der Waals surface area contributed by atoms with Crippen LogP contribution in [0.1, 0.15) is 20.3 Å². The Hall–Kier alpha value is -1.87. The average molecular weight is 342 g/mol. The fraction of sp³-hybridized carbons (Fsp3) is 0.571. The zero-order valence-corrected chi connectivity index (χ0v) is 13.7. The Kier molecular flexibility index (Phi) is 5.42. The number of nitrogens with two attached hydrogens (primary N) is 1. The fourth-order valence-corrected chi connectivity index (χ4v) is 3.57. The van der Waals surface area contributed by atoms with Gasteiger partial charge < -0.3 is 15.2 Å². The number of esters is 2. The number of hydrogen-bond donors (Lipinski definition) is 1. The third-order valence-electron chi connectivity index (χ3n) is 3.36. The zero-order chi connectivity index (χ0) is 17.1. The van der Waals surface area contributed by atoms with Crippen molar-refractivity contribution in [1.82, 2.24) is 4.90 Å². The van der Waals surface area contributed by atoms with Crippen molar-refractivity contribution < 1.29 is 28.7 Å². The van der Waals surface area contributed by atoms with Crippen LogP contribution in [-0.2, 0) is 28.7 Å². The molecule has 1 saturated heterocycles. The minimum absolute atomic E-state index is 0.0953. The van der Waals surface area contributed by atoms with Gasteiger partial charge >= 0.3 is 11.9 Å². The molecule has 2 heterocycles. The molecule has 8 nitrogen and oxygen atoms in total. The van der Waals surface area contributed by atoms with Crippen molar-refractivity contribution in [3.8, 4) is 0 Å². The second-order valence-corrected chi connectivity index (χ2v) is 6.25. The lowest BCUT2D eigenvalue weighted by atomic mass is 10.0. The van der Waals surface area contributed by atoms with Crippen LogP contribution in [0.25, 0.3) is 0 Å². The summed E-state index contributed by atoms with van der Waals surface area (Å²) in [7, 11) is 0. The standard InChI is InChI=1S/C14H18N2O6S/c1-3-21-14(20)11-8(5-22-9(18)4-7(2)17)6-23-13-10(15)12(19)16(11)13/h10,13H,3-6,15H2,1-2H3/t10?,13-/m1/s1. The molecule has 0 spiro atoms. The van der Waals surface area contributed by atoms with Gasteiger partial charge in [-0.25, -0.2) is 4.79 Å². The molecule has 23 heavy (non-hydrogen) atoms. The first kappa shape index (κ1) is 17.5. The van der Waals surface area contributed by atoms with Crippen molar-refractivity contribution in [2.75, 3.05) is 19.0 Å². The van der Waals surface area contributed by atoms with Crippen LogP contribution in [0, 0.1) is 0 Å². The molecular formula is C14H18N2O6S.